The number of rotatable bonds is 4. The first-order valence-corrected chi connectivity index (χ1v) is 7.88. The lowest BCUT2D eigenvalue weighted by molar-refractivity contribution is 0.0788. The van der Waals surface area contributed by atoms with Gasteiger partial charge >= 0.3 is 0 Å². The highest BCUT2D eigenvalue weighted by atomic mass is 32.2. The van der Waals surface area contributed by atoms with Crippen LogP contribution in [-0.4, -0.2) is 40.8 Å². The molecule has 3 N–H and O–H groups in total. The SMILES string of the molecule is CC1CCCC(C)N1NS(=O)(=O)c1[nH]ncc1CO. The van der Waals surface area contributed by atoms with Gasteiger partial charge in [-0.15, -0.1) is 4.83 Å². The van der Waals surface area contributed by atoms with Crippen LogP contribution < -0.4 is 4.83 Å². The summed E-state index contributed by atoms with van der Waals surface area (Å²) in [7, 11) is -3.73. The Balaban J connectivity index is 2.21. The summed E-state index contributed by atoms with van der Waals surface area (Å²) < 4.78 is 24.6. The number of aromatic nitrogens is 2. The number of aromatic amines is 1. The number of hydrogen-bond donors (Lipinski definition) is 3. The molecule has 0 radical (unpaired) electrons. The van der Waals surface area contributed by atoms with E-state index in [1.807, 2.05) is 13.8 Å². The van der Waals surface area contributed by atoms with Crippen molar-refractivity contribution in [2.24, 2.45) is 0 Å². The van der Waals surface area contributed by atoms with Gasteiger partial charge in [0, 0.05) is 17.6 Å². The van der Waals surface area contributed by atoms with Crippen molar-refractivity contribution in [1.29, 1.82) is 0 Å². The molecule has 0 bridgehead atoms. The van der Waals surface area contributed by atoms with E-state index in [9.17, 15) is 8.42 Å². The zero-order valence-corrected chi connectivity index (χ0v) is 11.9. The maximum absolute atomic E-state index is 12.3. The Hall–Kier alpha value is -0.960. The average Bonchev–Trinajstić information content (AvgIpc) is 2.83. The van der Waals surface area contributed by atoms with Crippen molar-refractivity contribution < 1.29 is 13.5 Å². The fourth-order valence-corrected chi connectivity index (χ4v) is 3.79. The molecule has 0 aliphatic carbocycles. The van der Waals surface area contributed by atoms with Crippen molar-refractivity contribution in [3.63, 3.8) is 0 Å². The normalized spacial score (nSPS) is 25.6. The Morgan fingerprint density at radius 2 is 2.11 bits per heavy atom. The molecule has 1 aliphatic rings. The van der Waals surface area contributed by atoms with E-state index in [0.717, 1.165) is 19.3 Å². The van der Waals surface area contributed by atoms with E-state index in [-0.39, 0.29) is 29.3 Å². The molecule has 2 rings (SSSR count). The van der Waals surface area contributed by atoms with Gasteiger partial charge in [-0.2, -0.15) is 5.10 Å². The van der Waals surface area contributed by atoms with Gasteiger partial charge in [-0.05, 0) is 26.7 Å². The summed E-state index contributed by atoms with van der Waals surface area (Å²) in [5.74, 6) is 0. The van der Waals surface area contributed by atoms with Crippen LogP contribution in [0.2, 0.25) is 0 Å². The number of nitrogens with zero attached hydrogens (tertiary/aromatic N) is 2. The molecule has 1 aliphatic heterocycles. The second-order valence-corrected chi connectivity index (χ2v) is 6.61. The molecule has 0 spiro atoms. The second-order valence-electron chi connectivity index (χ2n) is 5.01. The van der Waals surface area contributed by atoms with E-state index in [2.05, 4.69) is 15.0 Å². The third-order valence-electron chi connectivity index (χ3n) is 3.54. The van der Waals surface area contributed by atoms with Crippen LogP contribution in [0.25, 0.3) is 0 Å². The number of aliphatic hydroxyl groups excluding tert-OH is 1. The van der Waals surface area contributed by atoms with Gasteiger partial charge in [0.2, 0.25) is 0 Å². The monoisotopic (exact) mass is 288 g/mol. The topological polar surface area (TPSA) is 98.3 Å². The molecule has 1 saturated heterocycles. The van der Waals surface area contributed by atoms with Gasteiger partial charge in [0.1, 0.15) is 0 Å². The largest absolute Gasteiger partial charge is 0.392 e. The van der Waals surface area contributed by atoms with Crippen molar-refractivity contribution in [3.05, 3.63) is 11.8 Å². The first-order valence-electron chi connectivity index (χ1n) is 6.39. The minimum Gasteiger partial charge on any atom is -0.392 e. The molecule has 108 valence electrons. The number of hydrogen-bond acceptors (Lipinski definition) is 5. The number of aliphatic hydroxyl groups is 1. The average molecular weight is 288 g/mol. The third kappa shape index (κ3) is 2.97. The van der Waals surface area contributed by atoms with E-state index < -0.39 is 10.0 Å². The van der Waals surface area contributed by atoms with Crippen LogP contribution in [0.15, 0.2) is 11.2 Å². The maximum atomic E-state index is 12.3. The van der Waals surface area contributed by atoms with E-state index >= 15 is 0 Å². The number of sulfonamides is 1. The molecule has 2 atom stereocenters. The van der Waals surface area contributed by atoms with Crippen molar-refractivity contribution in [2.75, 3.05) is 0 Å². The number of H-pyrrole nitrogens is 1. The summed E-state index contributed by atoms with van der Waals surface area (Å²) in [6.45, 7) is 3.63. The lowest BCUT2D eigenvalue weighted by atomic mass is 10.0. The Kier molecular flexibility index (Phi) is 4.24. The van der Waals surface area contributed by atoms with E-state index in [1.54, 1.807) is 5.01 Å². The molecule has 8 heteroatoms. The summed E-state index contributed by atoms with van der Waals surface area (Å²) in [5, 5.41) is 16.9. The van der Waals surface area contributed by atoms with Crippen LogP contribution in [0.4, 0.5) is 0 Å². The standard InChI is InChI=1S/C11H20N4O3S/c1-8-4-3-5-9(2)15(8)14-19(17,18)11-10(7-16)6-12-13-11/h6,8-9,14,16H,3-5,7H2,1-2H3,(H,12,13). The molecule has 2 unspecified atom stereocenters. The molecule has 1 aromatic rings. The number of hydrazine groups is 1. The molecular weight excluding hydrogens is 268 g/mol. The molecule has 0 aromatic carbocycles. The quantitative estimate of drug-likeness (QED) is 0.743. The highest BCUT2D eigenvalue weighted by Crippen LogP contribution is 2.22. The second kappa shape index (κ2) is 5.58. The molecule has 1 fully saturated rings. The highest BCUT2D eigenvalue weighted by molar-refractivity contribution is 7.89. The smallest absolute Gasteiger partial charge is 0.270 e. The molecule has 19 heavy (non-hydrogen) atoms. The van der Waals surface area contributed by atoms with Gasteiger partial charge in [0.25, 0.3) is 10.0 Å². The van der Waals surface area contributed by atoms with Crippen LogP contribution in [0.5, 0.6) is 0 Å². The Labute approximate surface area is 113 Å². The van der Waals surface area contributed by atoms with Gasteiger partial charge in [-0.1, -0.05) is 6.42 Å². The van der Waals surface area contributed by atoms with Gasteiger partial charge in [0.05, 0.1) is 12.8 Å². The van der Waals surface area contributed by atoms with E-state index in [4.69, 9.17) is 5.11 Å². The summed E-state index contributed by atoms with van der Waals surface area (Å²) in [6.07, 6.45) is 4.34. The Bertz CT molecular complexity index is 518. The zero-order chi connectivity index (χ0) is 14.0. The third-order valence-corrected chi connectivity index (χ3v) is 4.88. The lowest BCUT2D eigenvalue weighted by Crippen LogP contribution is -2.54. The van der Waals surface area contributed by atoms with E-state index in [0.29, 0.717) is 0 Å². The summed E-state index contributed by atoms with van der Waals surface area (Å²) in [4.78, 5) is 2.60. The van der Waals surface area contributed by atoms with E-state index in [1.165, 1.54) is 6.20 Å². The first kappa shape index (κ1) is 14.4. The van der Waals surface area contributed by atoms with Crippen molar-refractivity contribution >= 4 is 10.0 Å². The molecule has 0 amide bonds. The van der Waals surface area contributed by atoms with Crippen LogP contribution in [-0.2, 0) is 16.6 Å². The minimum atomic E-state index is -3.73. The van der Waals surface area contributed by atoms with Crippen molar-refractivity contribution in [2.45, 2.75) is 56.8 Å². The van der Waals surface area contributed by atoms with Crippen LogP contribution in [0.1, 0.15) is 38.7 Å². The zero-order valence-electron chi connectivity index (χ0n) is 11.1. The minimum absolute atomic E-state index is 0.0695. The predicted molar refractivity (Wildman–Crippen MR) is 69.4 cm³/mol. The maximum Gasteiger partial charge on any atom is 0.270 e. The number of nitrogens with one attached hydrogen (secondary N) is 2. The predicted octanol–water partition coefficient (Wildman–Crippen LogP) is 0.358. The Morgan fingerprint density at radius 3 is 2.68 bits per heavy atom. The fourth-order valence-electron chi connectivity index (χ4n) is 2.43. The van der Waals surface area contributed by atoms with Crippen LogP contribution >= 0.6 is 0 Å². The van der Waals surface area contributed by atoms with Gasteiger partial charge in [-0.25, -0.2) is 13.4 Å². The van der Waals surface area contributed by atoms with Crippen molar-refractivity contribution in [3.8, 4) is 0 Å². The highest BCUT2D eigenvalue weighted by Gasteiger charge is 2.30. The van der Waals surface area contributed by atoms with Gasteiger partial charge in [-0.3, -0.25) is 5.10 Å². The first-order chi connectivity index (χ1) is 8.95. The molecule has 7 nitrogen and oxygen atoms in total. The van der Waals surface area contributed by atoms with Gasteiger partial charge in [0.15, 0.2) is 5.03 Å². The molecule has 2 heterocycles. The lowest BCUT2D eigenvalue weighted by Gasteiger charge is -2.38. The molecule has 0 saturated carbocycles. The van der Waals surface area contributed by atoms with Crippen LogP contribution in [0.3, 0.4) is 0 Å². The Morgan fingerprint density at radius 1 is 1.47 bits per heavy atom. The van der Waals surface area contributed by atoms with Crippen molar-refractivity contribution in [1.82, 2.24) is 20.0 Å². The summed E-state index contributed by atoms with van der Waals surface area (Å²) >= 11 is 0. The fraction of sp³-hybridized carbons (Fsp3) is 0.727. The molecular formula is C11H20N4O3S. The van der Waals surface area contributed by atoms with Crippen LogP contribution in [0, 0.1) is 0 Å². The summed E-state index contributed by atoms with van der Waals surface area (Å²) in [6, 6.07) is 0.304. The molecule has 1 aromatic heterocycles. The number of piperidine rings is 1. The van der Waals surface area contributed by atoms with Gasteiger partial charge < -0.3 is 5.11 Å². The summed E-state index contributed by atoms with van der Waals surface area (Å²) in [5.41, 5.74) is 0.268.